The second-order valence-corrected chi connectivity index (χ2v) is 10.5. The minimum atomic E-state index is -3.90. The van der Waals surface area contributed by atoms with Gasteiger partial charge < -0.3 is 9.80 Å². The van der Waals surface area contributed by atoms with Crippen LogP contribution in [0.25, 0.3) is 0 Å². The minimum Gasteiger partial charge on any atom is -0.368 e. The topological polar surface area (TPSA) is 78.8 Å². The molecule has 2 aliphatic rings. The summed E-state index contributed by atoms with van der Waals surface area (Å²) in [6.07, 6.45) is 5.66. The molecule has 3 heterocycles. The van der Waals surface area contributed by atoms with E-state index in [0.29, 0.717) is 50.8 Å². The highest BCUT2D eigenvalue weighted by Gasteiger charge is 2.36. The van der Waals surface area contributed by atoms with Gasteiger partial charge in [-0.05, 0) is 31.9 Å². The van der Waals surface area contributed by atoms with Crippen LogP contribution in [0.5, 0.6) is 0 Å². The standard InChI is InChI=1S/C22H30ClN5O3S/c1-2-27-17-18(22(29)26-11-7-3-4-8-12-26)21(24-27)32(30,31)28-15-13-25(14-16-28)20-10-6-5-9-19(20)23/h5-6,9-10,17H,2-4,7-8,11-16H2,1H3. The molecule has 2 aromatic rings. The maximum Gasteiger partial charge on any atom is 0.263 e. The number of amides is 1. The Bertz CT molecular complexity index is 1060. The third-order valence-corrected chi connectivity index (χ3v) is 8.35. The molecule has 0 spiro atoms. The molecule has 2 fully saturated rings. The maximum atomic E-state index is 13.5. The zero-order chi connectivity index (χ0) is 22.7. The van der Waals surface area contributed by atoms with E-state index in [1.165, 1.54) is 8.99 Å². The molecule has 1 aromatic heterocycles. The maximum absolute atomic E-state index is 13.5. The van der Waals surface area contributed by atoms with Crippen LogP contribution in [0.4, 0.5) is 5.69 Å². The Balaban J connectivity index is 1.55. The number of hydrogen-bond acceptors (Lipinski definition) is 5. The number of carbonyl (C=O) groups is 1. The van der Waals surface area contributed by atoms with E-state index >= 15 is 0 Å². The fourth-order valence-electron chi connectivity index (χ4n) is 4.35. The van der Waals surface area contributed by atoms with E-state index in [9.17, 15) is 13.2 Å². The predicted octanol–water partition coefficient (Wildman–Crippen LogP) is 3.08. The summed E-state index contributed by atoms with van der Waals surface area (Å²) in [4.78, 5) is 17.1. The van der Waals surface area contributed by atoms with Crippen molar-refractivity contribution in [2.45, 2.75) is 44.2 Å². The van der Waals surface area contributed by atoms with Gasteiger partial charge in [0.05, 0.1) is 16.3 Å². The van der Waals surface area contributed by atoms with Crippen LogP contribution in [0.15, 0.2) is 35.5 Å². The summed E-state index contributed by atoms with van der Waals surface area (Å²) < 4.78 is 30.0. The molecule has 0 saturated carbocycles. The molecular formula is C22H30ClN5O3S. The van der Waals surface area contributed by atoms with Crippen LogP contribution in [0.3, 0.4) is 0 Å². The smallest absolute Gasteiger partial charge is 0.263 e. The lowest BCUT2D eigenvalue weighted by Crippen LogP contribution is -2.49. The summed E-state index contributed by atoms with van der Waals surface area (Å²) in [5.74, 6) is -0.236. The number of hydrogen-bond donors (Lipinski definition) is 0. The SMILES string of the molecule is CCn1cc(C(=O)N2CCCCCC2)c(S(=O)(=O)N2CCN(c3ccccc3Cl)CC2)n1. The van der Waals surface area contributed by atoms with Crippen molar-refractivity contribution < 1.29 is 13.2 Å². The van der Waals surface area contributed by atoms with E-state index in [2.05, 4.69) is 10.00 Å². The molecule has 1 aromatic carbocycles. The summed E-state index contributed by atoms with van der Waals surface area (Å²) in [7, 11) is -3.90. The van der Waals surface area contributed by atoms with Gasteiger partial charge in [0.1, 0.15) is 0 Å². The lowest BCUT2D eigenvalue weighted by Gasteiger charge is -2.35. The largest absolute Gasteiger partial charge is 0.368 e. The molecular weight excluding hydrogens is 450 g/mol. The van der Waals surface area contributed by atoms with Crippen molar-refractivity contribution in [3.63, 3.8) is 0 Å². The number of likely N-dealkylation sites (tertiary alicyclic amines) is 1. The van der Waals surface area contributed by atoms with E-state index in [0.717, 1.165) is 31.4 Å². The molecule has 0 unspecified atom stereocenters. The Labute approximate surface area is 194 Å². The number of carbonyl (C=O) groups excluding carboxylic acids is 1. The molecule has 0 radical (unpaired) electrons. The monoisotopic (exact) mass is 479 g/mol. The zero-order valence-corrected chi connectivity index (χ0v) is 20.0. The molecule has 32 heavy (non-hydrogen) atoms. The van der Waals surface area contributed by atoms with Gasteiger partial charge in [-0.15, -0.1) is 0 Å². The Morgan fingerprint density at radius 2 is 1.66 bits per heavy atom. The molecule has 2 saturated heterocycles. The summed E-state index contributed by atoms with van der Waals surface area (Å²) >= 11 is 6.31. The van der Waals surface area contributed by atoms with Gasteiger partial charge in [-0.3, -0.25) is 9.48 Å². The average Bonchev–Trinajstić information content (AvgIpc) is 3.07. The van der Waals surface area contributed by atoms with Crippen molar-refractivity contribution in [3.05, 3.63) is 41.0 Å². The first-order chi connectivity index (χ1) is 15.4. The number of halogens is 1. The van der Waals surface area contributed by atoms with Gasteiger partial charge in [0.2, 0.25) is 5.03 Å². The third-order valence-electron chi connectivity index (χ3n) is 6.19. The number of aromatic nitrogens is 2. The first kappa shape index (κ1) is 23.1. The van der Waals surface area contributed by atoms with Gasteiger partial charge in [0.25, 0.3) is 15.9 Å². The van der Waals surface area contributed by atoms with Gasteiger partial charge in [0.15, 0.2) is 0 Å². The van der Waals surface area contributed by atoms with E-state index < -0.39 is 10.0 Å². The highest BCUT2D eigenvalue weighted by atomic mass is 35.5. The number of para-hydroxylation sites is 1. The lowest BCUT2D eigenvalue weighted by atomic mass is 10.2. The number of anilines is 1. The fraction of sp³-hybridized carbons (Fsp3) is 0.545. The van der Waals surface area contributed by atoms with Crippen LogP contribution >= 0.6 is 11.6 Å². The Morgan fingerprint density at radius 1 is 1.00 bits per heavy atom. The molecule has 0 atom stereocenters. The van der Waals surface area contributed by atoms with Crippen LogP contribution < -0.4 is 4.90 Å². The number of sulfonamides is 1. The van der Waals surface area contributed by atoms with Gasteiger partial charge in [-0.2, -0.15) is 9.40 Å². The van der Waals surface area contributed by atoms with E-state index in [1.807, 2.05) is 31.2 Å². The van der Waals surface area contributed by atoms with E-state index in [4.69, 9.17) is 11.6 Å². The fourth-order valence-corrected chi connectivity index (χ4v) is 6.12. The Morgan fingerprint density at radius 3 is 2.28 bits per heavy atom. The highest BCUT2D eigenvalue weighted by Crippen LogP contribution is 2.28. The highest BCUT2D eigenvalue weighted by molar-refractivity contribution is 7.89. The van der Waals surface area contributed by atoms with Crippen molar-refractivity contribution >= 4 is 33.2 Å². The average molecular weight is 480 g/mol. The number of rotatable bonds is 5. The van der Waals surface area contributed by atoms with Crippen molar-refractivity contribution in [3.8, 4) is 0 Å². The van der Waals surface area contributed by atoms with Crippen LogP contribution in [0, 0.1) is 0 Å². The molecule has 0 aliphatic carbocycles. The van der Waals surface area contributed by atoms with Gasteiger partial charge in [0, 0.05) is 52.0 Å². The van der Waals surface area contributed by atoms with E-state index in [1.54, 1.807) is 11.1 Å². The summed E-state index contributed by atoms with van der Waals surface area (Å²) in [6.45, 7) is 5.35. The minimum absolute atomic E-state index is 0.125. The van der Waals surface area contributed by atoms with Crippen LogP contribution in [-0.2, 0) is 16.6 Å². The summed E-state index contributed by atoms with van der Waals surface area (Å²) in [6, 6.07) is 7.56. The first-order valence-corrected chi connectivity index (χ1v) is 13.1. The van der Waals surface area contributed by atoms with Crippen molar-refractivity contribution in [2.75, 3.05) is 44.2 Å². The van der Waals surface area contributed by atoms with Crippen molar-refractivity contribution in [1.82, 2.24) is 19.0 Å². The number of benzene rings is 1. The molecule has 4 rings (SSSR count). The number of nitrogens with zero attached hydrogens (tertiary/aromatic N) is 5. The molecule has 8 nitrogen and oxygen atoms in total. The predicted molar refractivity (Wildman–Crippen MR) is 125 cm³/mol. The molecule has 10 heteroatoms. The molecule has 174 valence electrons. The molecule has 0 N–H and O–H groups in total. The van der Waals surface area contributed by atoms with Gasteiger partial charge >= 0.3 is 0 Å². The van der Waals surface area contributed by atoms with E-state index in [-0.39, 0.29) is 16.5 Å². The zero-order valence-electron chi connectivity index (χ0n) is 18.4. The molecule has 1 amide bonds. The van der Waals surface area contributed by atoms with Gasteiger partial charge in [-0.1, -0.05) is 36.6 Å². The molecule has 2 aliphatic heterocycles. The van der Waals surface area contributed by atoms with Crippen molar-refractivity contribution in [2.24, 2.45) is 0 Å². The number of piperazine rings is 1. The second kappa shape index (κ2) is 9.80. The first-order valence-electron chi connectivity index (χ1n) is 11.3. The van der Waals surface area contributed by atoms with Crippen LogP contribution in [-0.4, -0.2) is 72.6 Å². The van der Waals surface area contributed by atoms with Crippen LogP contribution in [0.1, 0.15) is 43.0 Å². The summed E-state index contributed by atoms with van der Waals surface area (Å²) in [5, 5.41) is 4.83. The van der Waals surface area contributed by atoms with Gasteiger partial charge in [-0.25, -0.2) is 8.42 Å². The Hall–Kier alpha value is -2.10. The molecule has 0 bridgehead atoms. The van der Waals surface area contributed by atoms with Crippen molar-refractivity contribution in [1.29, 1.82) is 0 Å². The lowest BCUT2D eigenvalue weighted by molar-refractivity contribution is 0.0757. The normalized spacial score (nSPS) is 18.6. The second-order valence-electron chi connectivity index (χ2n) is 8.25. The van der Waals surface area contributed by atoms with Crippen LogP contribution in [0.2, 0.25) is 5.02 Å². The third kappa shape index (κ3) is 4.65. The Kier molecular flexibility index (Phi) is 7.07. The number of aryl methyl sites for hydroxylation is 1. The quantitative estimate of drug-likeness (QED) is 0.658. The summed E-state index contributed by atoms with van der Waals surface area (Å²) in [5.41, 5.74) is 1.08.